The van der Waals surface area contributed by atoms with Crippen LogP contribution >= 0.6 is 11.8 Å². The molecular weight excluding hydrogens is 334 g/mol. The summed E-state index contributed by atoms with van der Waals surface area (Å²) in [5.41, 5.74) is 0.947. The monoisotopic (exact) mass is 361 g/mol. The van der Waals surface area contributed by atoms with Crippen molar-refractivity contribution < 1.29 is 4.42 Å². The Morgan fingerprint density at radius 3 is 2.76 bits per heavy atom. The highest BCUT2D eigenvalue weighted by Crippen LogP contribution is 2.08. The van der Waals surface area contributed by atoms with Crippen LogP contribution in [0.3, 0.4) is 0 Å². The van der Waals surface area contributed by atoms with Crippen molar-refractivity contribution in [3.63, 3.8) is 0 Å². The molecule has 0 aliphatic carbocycles. The number of furan rings is 1. The Morgan fingerprint density at radius 1 is 1.20 bits per heavy atom. The van der Waals surface area contributed by atoms with Crippen LogP contribution in [-0.4, -0.2) is 50.1 Å². The summed E-state index contributed by atoms with van der Waals surface area (Å²) < 4.78 is 5.36. The number of nitrogens with one attached hydrogen (secondary N) is 2. The van der Waals surface area contributed by atoms with Crippen molar-refractivity contribution in [2.24, 2.45) is 4.99 Å². The number of anilines is 1. The smallest absolute Gasteiger partial charge is 0.191 e. The van der Waals surface area contributed by atoms with Gasteiger partial charge in [0.05, 0.1) is 18.5 Å². The van der Waals surface area contributed by atoms with Crippen LogP contribution in [0.5, 0.6) is 0 Å². The highest BCUT2D eigenvalue weighted by molar-refractivity contribution is 7.98. The highest BCUT2D eigenvalue weighted by atomic mass is 32.2. The molecule has 0 unspecified atom stereocenters. The first kappa shape index (κ1) is 19.2. The number of aliphatic imine (C=N–C) groups is 1. The molecular formula is C18H27N5OS. The minimum absolute atomic E-state index is 0.539. The van der Waals surface area contributed by atoms with Gasteiger partial charge in [-0.05, 0) is 30.5 Å². The molecule has 2 rings (SSSR count). The second-order valence-corrected chi connectivity index (χ2v) is 6.71. The number of hydrogen-bond donors (Lipinski definition) is 2. The van der Waals surface area contributed by atoms with E-state index in [0.29, 0.717) is 6.54 Å². The molecule has 136 valence electrons. The van der Waals surface area contributed by atoms with Gasteiger partial charge in [0.15, 0.2) is 5.96 Å². The number of aromatic nitrogens is 1. The van der Waals surface area contributed by atoms with Gasteiger partial charge in [0.25, 0.3) is 0 Å². The molecule has 25 heavy (non-hydrogen) atoms. The Kier molecular flexibility index (Phi) is 8.18. The average Bonchev–Trinajstić information content (AvgIpc) is 3.13. The van der Waals surface area contributed by atoms with E-state index in [9.17, 15) is 0 Å². The Bertz CT molecular complexity index is 643. The van der Waals surface area contributed by atoms with Crippen molar-refractivity contribution in [2.45, 2.75) is 13.0 Å². The third-order valence-corrected chi connectivity index (χ3v) is 4.10. The van der Waals surface area contributed by atoms with E-state index in [-0.39, 0.29) is 0 Å². The lowest BCUT2D eigenvalue weighted by molar-refractivity contribution is 0.507. The first-order chi connectivity index (χ1) is 12.2. The number of hydrogen-bond acceptors (Lipinski definition) is 5. The molecule has 0 atom stereocenters. The van der Waals surface area contributed by atoms with Crippen LogP contribution in [0.1, 0.15) is 11.5 Å². The summed E-state index contributed by atoms with van der Waals surface area (Å²) in [5.74, 6) is 3.75. The molecule has 0 saturated carbocycles. The lowest BCUT2D eigenvalue weighted by atomic mass is 10.3. The zero-order chi connectivity index (χ0) is 17.9. The Labute approximate surface area is 154 Å². The molecule has 0 amide bonds. The fourth-order valence-electron chi connectivity index (χ4n) is 2.17. The van der Waals surface area contributed by atoms with Crippen LogP contribution in [0, 0.1) is 0 Å². The van der Waals surface area contributed by atoms with Gasteiger partial charge in [0.2, 0.25) is 0 Å². The van der Waals surface area contributed by atoms with Crippen LogP contribution in [0.25, 0.3) is 0 Å². The van der Waals surface area contributed by atoms with E-state index in [1.165, 1.54) is 0 Å². The summed E-state index contributed by atoms with van der Waals surface area (Å²) in [6, 6.07) is 9.89. The summed E-state index contributed by atoms with van der Waals surface area (Å²) in [5, 5.41) is 6.71. The van der Waals surface area contributed by atoms with Crippen LogP contribution in [0.2, 0.25) is 0 Å². The van der Waals surface area contributed by atoms with Gasteiger partial charge in [0, 0.05) is 39.4 Å². The molecule has 6 nitrogen and oxygen atoms in total. The van der Waals surface area contributed by atoms with E-state index < -0.39 is 0 Å². The predicted molar refractivity (Wildman–Crippen MR) is 107 cm³/mol. The normalized spacial score (nSPS) is 11.4. The van der Waals surface area contributed by atoms with Crippen LogP contribution in [0.4, 0.5) is 5.82 Å². The van der Waals surface area contributed by atoms with Gasteiger partial charge >= 0.3 is 0 Å². The zero-order valence-corrected chi connectivity index (χ0v) is 16.0. The minimum atomic E-state index is 0.539. The second kappa shape index (κ2) is 10.7. The molecule has 0 saturated heterocycles. The largest absolute Gasteiger partial charge is 0.469 e. The fourth-order valence-corrected chi connectivity index (χ4v) is 2.48. The van der Waals surface area contributed by atoms with Gasteiger partial charge < -0.3 is 20.0 Å². The van der Waals surface area contributed by atoms with E-state index in [1.807, 2.05) is 49.3 Å². The maximum Gasteiger partial charge on any atom is 0.191 e. The van der Waals surface area contributed by atoms with Crippen LogP contribution in [0.15, 0.2) is 46.0 Å². The van der Waals surface area contributed by atoms with E-state index in [2.05, 4.69) is 26.9 Å². The molecule has 2 aromatic rings. The fraction of sp³-hybridized carbons (Fsp3) is 0.444. The molecule has 2 N–H and O–H groups in total. The van der Waals surface area contributed by atoms with Crippen LogP contribution < -0.4 is 15.5 Å². The quantitative estimate of drug-likeness (QED) is 0.406. The van der Waals surface area contributed by atoms with Gasteiger partial charge in [-0.2, -0.15) is 11.8 Å². The average molecular weight is 362 g/mol. The SMILES string of the molecule is CSCCNC(=NCc1cccc(N(C)C)n1)NCCc1ccco1. The maximum absolute atomic E-state index is 5.36. The van der Waals surface area contributed by atoms with Crippen molar-refractivity contribution in [3.8, 4) is 0 Å². The molecule has 2 heterocycles. The maximum atomic E-state index is 5.36. The third-order valence-electron chi connectivity index (χ3n) is 3.49. The van der Waals surface area contributed by atoms with Gasteiger partial charge in [0.1, 0.15) is 11.6 Å². The standard InChI is InChI=1S/C18H27N5OS/c1-23(2)17-8-4-6-15(22-17)14-21-18(20-11-13-25-3)19-10-9-16-7-5-12-24-16/h4-8,12H,9-11,13-14H2,1-3H3,(H2,19,20,21). The number of nitrogens with zero attached hydrogens (tertiary/aromatic N) is 3. The number of rotatable bonds is 9. The summed E-state index contributed by atoms with van der Waals surface area (Å²) in [4.78, 5) is 11.3. The number of guanidine groups is 1. The summed E-state index contributed by atoms with van der Waals surface area (Å²) >= 11 is 1.81. The molecule has 0 fully saturated rings. The summed E-state index contributed by atoms with van der Waals surface area (Å²) in [6.07, 6.45) is 4.62. The minimum Gasteiger partial charge on any atom is -0.469 e. The van der Waals surface area contributed by atoms with Crippen LogP contribution in [-0.2, 0) is 13.0 Å². The molecule has 0 aliphatic heterocycles. The van der Waals surface area contributed by atoms with Crippen molar-refractivity contribution in [2.75, 3.05) is 44.1 Å². The van der Waals surface area contributed by atoms with Gasteiger partial charge in [-0.3, -0.25) is 0 Å². The van der Waals surface area contributed by atoms with E-state index in [4.69, 9.17) is 4.42 Å². The van der Waals surface area contributed by atoms with Gasteiger partial charge in [-0.1, -0.05) is 6.07 Å². The Hall–Kier alpha value is -2.15. The van der Waals surface area contributed by atoms with E-state index >= 15 is 0 Å². The Balaban J connectivity index is 1.92. The van der Waals surface area contributed by atoms with Crippen molar-refractivity contribution in [1.82, 2.24) is 15.6 Å². The Morgan fingerprint density at radius 2 is 2.04 bits per heavy atom. The van der Waals surface area contributed by atoms with Crippen molar-refractivity contribution >= 4 is 23.5 Å². The lowest BCUT2D eigenvalue weighted by Crippen LogP contribution is -2.39. The lowest BCUT2D eigenvalue weighted by Gasteiger charge is -2.13. The zero-order valence-electron chi connectivity index (χ0n) is 15.2. The molecule has 0 radical (unpaired) electrons. The van der Waals surface area contributed by atoms with Crippen molar-refractivity contribution in [1.29, 1.82) is 0 Å². The molecule has 7 heteroatoms. The number of thioether (sulfide) groups is 1. The van der Waals surface area contributed by atoms with Crippen molar-refractivity contribution in [3.05, 3.63) is 48.0 Å². The topological polar surface area (TPSA) is 65.7 Å². The van der Waals surface area contributed by atoms with E-state index in [1.54, 1.807) is 18.0 Å². The molecule has 0 bridgehead atoms. The summed E-state index contributed by atoms with van der Waals surface area (Å²) in [6.45, 7) is 2.18. The van der Waals surface area contributed by atoms with E-state index in [0.717, 1.165) is 48.5 Å². The van der Waals surface area contributed by atoms with Gasteiger partial charge in [-0.15, -0.1) is 0 Å². The first-order valence-electron chi connectivity index (χ1n) is 8.36. The molecule has 0 aromatic carbocycles. The highest BCUT2D eigenvalue weighted by Gasteiger charge is 2.02. The molecule has 2 aromatic heterocycles. The molecule has 0 spiro atoms. The summed E-state index contributed by atoms with van der Waals surface area (Å²) in [7, 11) is 3.97. The second-order valence-electron chi connectivity index (χ2n) is 5.72. The van der Waals surface area contributed by atoms with Gasteiger partial charge in [-0.25, -0.2) is 9.98 Å². The predicted octanol–water partition coefficient (Wildman–Crippen LogP) is 2.38. The third kappa shape index (κ3) is 7.09. The number of pyridine rings is 1. The first-order valence-corrected chi connectivity index (χ1v) is 9.75. The molecule has 0 aliphatic rings.